The number of aryl methyl sites for hydroxylation is 1. The van der Waals surface area contributed by atoms with Crippen LogP contribution < -0.4 is 10.1 Å². The fourth-order valence-corrected chi connectivity index (χ4v) is 2.77. The number of ether oxygens (including phenoxy) is 1. The molecule has 0 aromatic carbocycles. The highest BCUT2D eigenvalue weighted by molar-refractivity contribution is 7.10. The molecule has 0 bridgehead atoms. The molecule has 4 heteroatoms. The van der Waals surface area contributed by atoms with Gasteiger partial charge in [-0.2, -0.15) is 0 Å². The molecule has 0 saturated carbocycles. The van der Waals surface area contributed by atoms with Crippen molar-refractivity contribution in [3.8, 4) is 5.75 Å². The first-order valence-electron chi connectivity index (χ1n) is 6.72. The first-order valence-corrected chi connectivity index (χ1v) is 7.60. The average Bonchev–Trinajstić information content (AvgIpc) is 2.91. The number of nitrogens with one attached hydrogen (secondary N) is 1. The van der Waals surface area contributed by atoms with E-state index in [1.807, 2.05) is 12.1 Å². The van der Waals surface area contributed by atoms with E-state index >= 15 is 0 Å². The van der Waals surface area contributed by atoms with Crippen molar-refractivity contribution in [2.45, 2.75) is 33.2 Å². The molecule has 2 rings (SSSR count). The lowest BCUT2D eigenvalue weighted by molar-refractivity contribution is 0.318. The minimum absolute atomic E-state index is 0.722. The summed E-state index contributed by atoms with van der Waals surface area (Å²) in [6.45, 7) is 5.81. The lowest BCUT2D eigenvalue weighted by atomic mass is 10.2. The van der Waals surface area contributed by atoms with Crippen molar-refractivity contribution < 1.29 is 4.74 Å². The minimum Gasteiger partial charge on any atom is -0.490 e. The Labute approximate surface area is 118 Å². The van der Waals surface area contributed by atoms with Gasteiger partial charge in [-0.1, -0.05) is 13.8 Å². The number of hydrogen-bond acceptors (Lipinski definition) is 4. The maximum absolute atomic E-state index is 5.69. The molecule has 2 aromatic rings. The van der Waals surface area contributed by atoms with Crippen LogP contribution in [0, 0.1) is 0 Å². The molecular weight excluding hydrogens is 256 g/mol. The number of nitrogens with zero attached hydrogens (tertiary/aromatic N) is 1. The Kier molecular flexibility index (Phi) is 5.21. The van der Waals surface area contributed by atoms with E-state index in [9.17, 15) is 0 Å². The van der Waals surface area contributed by atoms with Crippen molar-refractivity contribution >= 4 is 17.2 Å². The van der Waals surface area contributed by atoms with E-state index < -0.39 is 0 Å². The second-order valence-electron chi connectivity index (χ2n) is 4.27. The van der Waals surface area contributed by atoms with Crippen LogP contribution in [0.15, 0.2) is 29.8 Å². The average molecular weight is 276 g/mol. The molecule has 0 fully saturated rings. The molecule has 0 saturated heterocycles. The lowest BCUT2D eigenvalue weighted by Gasteiger charge is -2.11. The maximum atomic E-state index is 5.69. The summed E-state index contributed by atoms with van der Waals surface area (Å²) in [6.07, 6.45) is 3.86. The summed E-state index contributed by atoms with van der Waals surface area (Å²) in [7, 11) is 0. The van der Waals surface area contributed by atoms with Crippen LogP contribution in [0.25, 0.3) is 0 Å². The Morgan fingerprint density at radius 3 is 3.00 bits per heavy atom. The molecule has 0 aliphatic carbocycles. The molecule has 0 spiro atoms. The number of anilines is 1. The molecule has 3 nitrogen and oxygen atoms in total. The van der Waals surface area contributed by atoms with Gasteiger partial charge in [0, 0.05) is 11.1 Å². The fraction of sp³-hybridized carbons (Fsp3) is 0.400. The highest BCUT2D eigenvalue weighted by Gasteiger charge is 2.06. The number of aromatic nitrogens is 1. The van der Waals surface area contributed by atoms with E-state index in [2.05, 4.69) is 35.6 Å². The van der Waals surface area contributed by atoms with Gasteiger partial charge in [0.15, 0.2) is 11.6 Å². The van der Waals surface area contributed by atoms with Crippen LogP contribution in [0.4, 0.5) is 5.82 Å². The first kappa shape index (κ1) is 13.9. The smallest absolute Gasteiger partial charge is 0.169 e. The van der Waals surface area contributed by atoms with Crippen molar-refractivity contribution in [1.82, 2.24) is 4.98 Å². The van der Waals surface area contributed by atoms with Gasteiger partial charge in [0.05, 0.1) is 13.2 Å². The molecule has 0 aliphatic heterocycles. The molecule has 2 heterocycles. The lowest BCUT2D eigenvalue weighted by Crippen LogP contribution is -2.05. The number of thiophene rings is 1. The van der Waals surface area contributed by atoms with Gasteiger partial charge >= 0.3 is 0 Å². The van der Waals surface area contributed by atoms with Gasteiger partial charge < -0.3 is 10.1 Å². The fourth-order valence-electron chi connectivity index (χ4n) is 1.85. The Balaban J connectivity index is 2.02. The largest absolute Gasteiger partial charge is 0.490 e. The van der Waals surface area contributed by atoms with Crippen LogP contribution in [0.2, 0.25) is 0 Å². The summed E-state index contributed by atoms with van der Waals surface area (Å²) >= 11 is 1.79. The van der Waals surface area contributed by atoms with E-state index in [1.54, 1.807) is 17.5 Å². The van der Waals surface area contributed by atoms with E-state index in [4.69, 9.17) is 4.74 Å². The van der Waals surface area contributed by atoms with Crippen molar-refractivity contribution in [2.24, 2.45) is 0 Å². The van der Waals surface area contributed by atoms with Crippen LogP contribution in [-0.2, 0) is 13.0 Å². The van der Waals surface area contributed by atoms with Crippen LogP contribution in [0.1, 0.15) is 30.7 Å². The van der Waals surface area contributed by atoms with Gasteiger partial charge in [0.25, 0.3) is 0 Å². The zero-order valence-electron chi connectivity index (χ0n) is 11.5. The summed E-state index contributed by atoms with van der Waals surface area (Å²) < 4.78 is 5.69. The third kappa shape index (κ3) is 3.70. The molecule has 19 heavy (non-hydrogen) atoms. The van der Waals surface area contributed by atoms with Crippen LogP contribution in [-0.4, -0.2) is 11.6 Å². The Bertz CT molecular complexity index is 510. The summed E-state index contributed by atoms with van der Waals surface area (Å²) in [5, 5.41) is 5.52. The quantitative estimate of drug-likeness (QED) is 0.826. The van der Waals surface area contributed by atoms with Crippen molar-refractivity contribution in [2.75, 3.05) is 11.9 Å². The molecule has 0 unspecified atom stereocenters. The Morgan fingerprint density at radius 1 is 1.32 bits per heavy atom. The molecular formula is C15H20N2OS. The summed E-state index contributed by atoms with van der Waals surface area (Å²) in [5.41, 5.74) is 1.41. The monoisotopic (exact) mass is 276 g/mol. The van der Waals surface area contributed by atoms with Gasteiger partial charge in [-0.15, -0.1) is 11.3 Å². The molecule has 2 aromatic heterocycles. The maximum Gasteiger partial charge on any atom is 0.169 e. The first-order chi connectivity index (χ1) is 9.35. The second-order valence-corrected chi connectivity index (χ2v) is 5.28. The predicted octanol–water partition coefficient (Wildman–Crippen LogP) is 4.11. The molecule has 0 aliphatic rings. The topological polar surface area (TPSA) is 34.1 Å². The third-order valence-corrected chi connectivity index (χ3v) is 3.83. The van der Waals surface area contributed by atoms with E-state index in [1.165, 1.54) is 10.4 Å². The Morgan fingerprint density at radius 2 is 2.21 bits per heavy atom. The van der Waals surface area contributed by atoms with E-state index in [-0.39, 0.29) is 0 Å². The van der Waals surface area contributed by atoms with Gasteiger partial charge in [0.1, 0.15) is 0 Å². The standard InChI is InChI=1S/C15H20N2OS/c1-3-9-18-13-6-5-8-16-15(13)17-11-14-12(4-2)7-10-19-14/h5-8,10H,3-4,9,11H2,1-2H3,(H,16,17). The van der Waals surface area contributed by atoms with Gasteiger partial charge in [0.2, 0.25) is 0 Å². The highest BCUT2D eigenvalue weighted by atomic mass is 32.1. The summed E-state index contributed by atoms with van der Waals surface area (Å²) in [6, 6.07) is 6.05. The van der Waals surface area contributed by atoms with Crippen LogP contribution in [0.3, 0.4) is 0 Å². The van der Waals surface area contributed by atoms with Crippen molar-refractivity contribution in [1.29, 1.82) is 0 Å². The number of hydrogen-bond donors (Lipinski definition) is 1. The normalized spacial score (nSPS) is 10.4. The predicted molar refractivity (Wildman–Crippen MR) is 81.0 cm³/mol. The molecule has 102 valence electrons. The van der Waals surface area contributed by atoms with Gasteiger partial charge in [-0.25, -0.2) is 4.98 Å². The summed E-state index contributed by atoms with van der Waals surface area (Å²) in [4.78, 5) is 5.73. The van der Waals surface area contributed by atoms with E-state index in [0.717, 1.165) is 37.6 Å². The number of rotatable bonds is 7. The van der Waals surface area contributed by atoms with Crippen LogP contribution >= 0.6 is 11.3 Å². The SMILES string of the molecule is CCCOc1cccnc1NCc1sccc1CC. The third-order valence-electron chi connectivity index (χ3n) is 2.87. The van der Waals surface area contributed by atoms with Crippen molar-refractivity contribution in [3.05, 3.63) is 40.2 Å². The zero-order chi connectivity index (χ0) is 13.5. The zero-order valence-corrected chi connectivity index (χ0v) is 12.3. The van der Waals surface area contributed by atoms with Crippen LogP contribution in [0.5, 0.6) is 5.75 Å². The number of pyridine rings is 1. The van der Waals surface area contributed by atoms with E-state index in [0.29, 0.717) is 0 Å². The Hall–Kier alpha value is -1.55. The molecule has 0 radical (unpaired) electrons. The second kappa shape index (κ2) is 7.14. The highest BCUT2D eigenvalue weighted by Crippen LogP contribution is 2.24. The molecule has 0 atom stereocenters. The molecule has 0 amide bonds. The van der Waals surface area contributed by atoms with Gasteiger partial charge in [-0.05, 0) is 42.0 Å². The van der Waals surface area contributed by atoms with Gasteiger partial charge in [-0.3, -0.25) is 0 Å². The minimum atomic E-state index is 0.722. The summed E-state index contributed by atoms with van der Waals surface area (Å²) in [5.74, 6) is 1.66. The van der Waals surface area contributed by atoms with Crippen molar-refractivity contribution in [3.63, 3.8) is 0 Å². The molecule has 1 N–H and O–H groups in total.